The Morgan fingerprint density at radius 3 is 2.54 bits per heavy atom. The first-order valence-corrected chi connectivity index (χ1v) is 10.6. The van der Waals surface area contributed by atoms with E-state index in [4.69, 9.17) is 9.47 Å². The molecule has 1 aliphatic heterocycles. The van der Waals surface area contributed by atoms with Gasteiger partial charge in [0.25, 0.3) is 5.91 Å². The summed E-state index contributed by atoms with van der Waals surface area (Å²) in [4.78, 5) is 14.4. The van der Waals surface area contributed by atoms with Crippen LogP contribution < -0.4 is 9.46 Å². The Balaban J connectivity index is 1.85. The summed E-state index contributed by atoms with van der Waals surface area (Å²) < 4.78 is 39.1. The van der Waals surface area contributed by atoms with Crippen LogP contribution in [0.15, 0.2) is 23.1 Å². The molecular weight excluding hydrogens is 356 g/mol. The molecule has 1 aliphatic carbocycles. The average molecular weight is 382 g/mol. The van der Waals surface area contributed by atoms with Gasteiger partial charge in [0.2, 0.25) is 10.0 Å². The molecule has 8 heteroatoms. The van der Waals surface area contributed by atoms with E-state index in [0.717, 1.165) is 32.1 Å². The van der Waals surface area contributed by atoms with Crippen molar-refractivity contribution < 1.29 is 22.7 Å². The first kappa shape index (κ1) is 19.1. The van der Waals surface area contributed by atoms with Crippen molar-refractivity contribution in [2.24, 2.45) is 0 Å². The molecule has 2 aliphatic rings. The van der Waals surface area contributed by atoms with Crippen LogP contribution in [-0.4, -0.2) is 58.7 Å². The van der Waals surface area contributed by atoms with Crippen LogP contribution in [0.1, 0.15) is 42.5 Å². The molecule has 0 unspecified atom stereocenters. The molecule has 7 nitrogen and oxygen atoms in total. The summed E-state index contributed by atoms with van der Waals surface area (Å²) in [6.45, 7) is 2.01. The fourth-order valence-corrected chi connectivity index (χ4v) is 4.97. The van der Waals surface area contributed by atoms with Crippen LogP contribution in [-0.2, 0) is 14.8 Å². The van der Waals surface area contributed by atoms with Crippen LogP contribution in [0, 0.1) is 0 Å². The summed E-state index contributed by atoms with van der Waals surface area (Å²) in [5, 5.41) is 0. The lowest BCUT2D eigenvalue weighted by atomic mass is 9.96. The van der Waals surface area contributed by atoms with Crippen molar-refractivity contribution in [3.63, 3.8) is 0 Å². The largest absolute Gasteiger partial charge is 0.495 e. The Kier molecular flexibility index (Phi) is 6.16. The van der Waals surface area contributed by atoms with Crippen molar-refractivity contribution in [3.05, 3.63) is 23.8 Å². The minimum atomic E-state index is -3.76. The highest BCUT2D eigenvalue weighted by Crippen LogP contribution is 2.27. The molecule has 1 saturated carbocycles. The number of ether oxygens (including phenoxy) is 2. The zero-order valence-corrected chi connectivity index (χ0v) is 15.9. The molecule has 26 heavy (non-hydrogen) atoms. The van der Waals surface area contributed by atoms with E-state index in [0.29, 0.717) is 31.9 Å². The quantitative estimate of drug-likeness (QED) is 0.839. The van der Waals surface area contributed by atoms with Gasteiger partial charge in [-0.25, -0.2) is 13.1 Å². The highest BCUT2D eigenvalue weighted by molar-refractivity contribution is 7.89. The van der Waals surface area contributed by atoms with E-state index in [2.05, 4.69) is 4.72 Å². The number of hydrogen-bond acceptors (Lipinski definition) is 5. The van der Waals surface area contributed by atoms with Gasteiger partial charge in [-0.15, -0.1) is 0 Å². The Morgan fingerprint density at radius 1 is 1.19 bits per heavy atom. The summed E-state index contributed by atoms with van der Waals surface area (Å²) in [6.07, 6.45) is 4.88. The minimum absolute atomic E-state index is 0.0182. The molecular formula is C18H26N2O5S. The Hall–Kier alpha value is -1.64. The second-order valence-corrected chi connectivity index (χ2v) is 8.41. The molecule has 0 bridgehead atoms. The number of rotatable bonds is 5. The fourth-order valence-electron chi connectivity index (χ4n) is 3.47. The molecule has 0 atom stereocenters. The Bertz CT molecular complexity index is 738. The Morgan fingerprint density at radius 2 is 1.88 bits per heavy atom. The molecule has 1 amide bonds. The number of carbonyl (C=O) groups is 1. The number of morpholine rings is 1. The molecule has 0 aromatic heterocycles. The summed E-state index contributed by atoms with van der Waals surface area (Å²) in [7, 11) is -2.33. The molecule has 3 rings (SSSR count). The van der Waals surface area contributed by atoms with Crippen molar-refractivity contribution in [1.29, 1.82) is 0 Å². The maximum absolute atomic E-state index is 12.9. The van der Waals surface area contributed by atoms with Crippen molar-refractivity contribution >= 4 is 15.9 Å². The van der Waals surface area contributed by atoms with Crippen LogP contribution in [0.25, 0.3) is 0 Å². The van der Waals surface area contributed by atoms with Gasteiger partial charge in [-0.3, -0.25) is 4.79 Å². The monoisotopic (exact) mass is 382 g/mol. The maximum atomic E-state index is 12.9. The highest BCUT2D eigenvalue weighted by atomic mass is 32.2. The predicted octanol–water partition coefficient (Wildman–Crippen LogP) is 1.78. The number of nitrogens with zero attached hydrogens (tertiary/aromatic N) is 1. The van der Waals surface area contributed by atoms with Crippen molar-refractivity contribution in [2.45, 2.75) is 43.0 Å². The molecule has 0 spiro atoms. The van der Waals surface area contributed by atoms with Crippen LogP contribution in [0.3, 0.4) is 0 Å². The zero-order chi connectivity index (χ0) is 18.6. The molecule has 1 saturated heterocycles. The van der Waals surface area contributed by atoms with Gasteiger partial charge in [0.1, 0.15) is 10.6 Å². The number of amides is 1. The third kappa shape index (κ3) is 4.36. The number of hydrogen-bond donors (Lipinski definition) is 1. The number of benzene rings is 1. The van der Waals surface area contributed by atoms with Gasteiger partial charge >= 0.3 is 0 Å². The number of sulfonamides is 1. The molecule has 1 N–H and O–H groups in total. The van der Waals surface area contributed by atoms with E-state index >= 15 is 0 Å². The summed E-state index contributed by atoms with van der Waals surface area (Å²) in [5.41, 5.74) is 0.344. The van der Waals surface area contributed by atoms with Gasteiger partial charge < -0.3 is 14.4 Å². The lowest BCUT2D eigenvalue weighted by Gasteiger charge is -2.27. The van der Waals surface area contributed by atoms with E-state index in [1.54, 1.807) is 17.0 Å². The smallest absolute Gasteiger partial charge is 0.254 e. The van der Waals surface area contributed by atoms with Gasteiger partial charge in [-0.2, -0.15) is 0 Å². The number of nitrogens with one attached hydrogen (secondary N) is 1. The van der Waals surface area contributed by atoms with Crippen LogP contribution in [0.2, 0.25) is 0 Å². The van der Waals surface area contributed by atoms with E-state index in [1.165, 1.54) is 13.2 Å². The number of methoxy groups -OCH3 is 1. The van der Waals surface area contributed by atoms with Gasteiger partial charge in [0.15, 0.2) is 0 Å². The van der Waals surface area contributed by atoms with Gasteiger partial charge in [-0.1, -0.05) is 19.3 Å². The normalized spacial score (nSPS) is 19.3. The second-order valence-electron chi connectivity index (χ2n) is 6.73. The van der Waals surface area contributed by atoms with E-state index in [1.807, 2.05) is 0 Å². The molecule has 2 fully saturated rings. The van der Waals surface area contributed by atoms with Crippen molar-refractivity contribution in [1.82, 2.24) is 9.62 Å². The third-order valence-electron chi connectivity index (χ3n) is 4.93. The molecule has 144 valence electrons. The molecule has 1 aromatic rings. The lowest BCUT2D eigenvalue weighted by Crippen LogP contribution is -2.41. The van der Waals surface area contributed by atoms with Crippen LogP contribution >= 0.6 is 0 Å². The second kappa shape index (κ2) is 8.37. The van der Waals surface area contributed by atoms with E-state index in [9.17, 15) is 13.2 Å². The van der Waals surface area contributed by atoms with Gasteiger partial charge in [-0.05, 0) is 31.0 Å². The predicted molar refractivity (Wildman–Crippen MR) is 96.9 cm³/mol. The molecule has 1 aromatic carbocycles. The van der Waals surface area contributed by atoms with Crippen LogP contribution in [0.5, 0.6) is 5.75 Å². The average Bonchev–Trinajstić information content (AvgIpc) is 2.68. The molecule has 1 heterocycles. The fraction of sp³-hybridized carbons (Fsp3) is 0.611. The highest BCUT2D eigenvalue weighted by Gasteiger charge is 2.27. The lowest BCUT2D eigenvalue weighted by molar-refractivity contribution is 0.0302. The first-order valence-electron chi connectivity index (χ1n) is 9.08. The first-order chi connectivity index (χ1) is 12.5. The topological polar surface area (TPSA) is 84.9 Å². The maximum Gasteiger partial charge on any atom is 0.254 e. The summed E-state index contributed by atoms with van der Waals surface area (Å²) in [6, 6.07) is 4.51. The van der Waals surface area contributed by atoms with Gasteiger partial charge in [0.05, 0.1) is 20.3 Å². The SMILES string of the molecule is COc1ccc(C(=O)N2CCOCC2)cc1S(=O)(=O)NC1CCCCC1. The standard InChI is InChI=1S/C18H26N2O5S/c1-24-16-8-7-14(18(21)20-9-11-25-12-10-20)13-17(16)26(22,23)19-15-5-3-2-4-6-15/h7-8,13,15,19H,2-6,9-12H2,1H3. The summed E-state index contributed by atoms with van der Waals surface area (Å²) in [5.74, 6) is 0.0527. The molecule has 0 radical (unpaired) electrons. The zero-order valence-electron chi connectivity index (χ0n) is 15.1. The summed E-state index contributed by atoms with van der Waals surface area (Å²) >= 11 is 0. The van der Waals surface area contributed by atoms with Crippen molar-refractivity contribution in [2.75, 3.05) is 33.4 Å². The number of carbonyl (C=O) groups excluding carboxylic acids is 1. The van der Waals surface area contributed by atoms with Crippen LogP contribution in [0.4, 0.5) is 0 Å². The third-order valence-corrected chi connectivity index (χ3v) is 6.47. The van der Waals surface area contributed by atoms with E-state index < -0.39 is 10.0 Å². The van der Waals surface area contributed by atoms with Crippen molar-refractivity contribution in [3.8, 4) is 5.75 Å². The minimum Gasteiger partial charge on any atom is -0.495 e. The van der Waals surface area contributed by atoms with E-state index in [-0.39, 0.29) is 22.6 Å². The van der Waals surface area contributed by atoms with Gasteiger partial charge in [0, 0.05) is 24.7 Å². The Labute approximate surface area is 154 Å².